The van der Waals surface area contributed by atoms with Crippen LogP contribution in [-0.2, 0) is 6.42 Å². The second-order valence-corrected chi connectivity index (χ2v) is 6.03. The minimum Gasteiger partial charge on any atom is -0.311 e. The fourth-order valence-corrected chi connectivity index (χ4v) is 3.11. The molecule has 2 heteroatoms. The molecule has 112 valence electrons. The van der Waals surface area contributed by atoms with Gasteiger partial charge < -0.3 is 10.2 Å². The van der Waals surface area contributed by atoms with E-state index in [1.807, 2.05) is 0 Å². The third-order valence-corrected chi connectivity index (χ3v) is 4.60. The molecule has 1 aliphatic heterocycles. The van der Waals surface area contributed by atoms with Crippen molar-refractivity contribution < 1.29 is 0 Å². The van der Waals surface area contributed by atoms with Crippen molar-refractivity contribution in [1.29, 1.82) is 0 Å². The van der Waals surface area contributed by atoms with Gasteiger partial charge in [-0.3, -0.25) is 0 Å². The van der Waals surface area contributed by atoms with Gasteiger partial charge in [-0.15, -0.1) is 0 Å². The summed E-state index contributed by atoms with van der Waals surface area (Å²) in [6.45, 7) is 8.29. The van der Waals surface area contributed by atoms with Gasteiger partial charge in [0.2, 0.25) is 0 Å². The molecule has 0 spiro atoms. The van der Waals surface area contributed by atoms with Gasteiger partial charge in [0.15, 0.2) is 0 Å². The summed E-state index contributed by atoms with van der Waals surface area (Å²) in [6, 6.07) is 12.3. The minimum atomic E-state index is 0.718. The molecule has 1 N–H and O–H groups in total. The molecule has 1 saturated heterocycles. The predicted molar refractivity (Wildman–Crippen MR) is 87.1 cm³/mol. The maximum absolute atomic E-state index is 3.82. The molecular formula is C18H30N2. The molecule has 1 aromatic carbocycles. The summed E-state index contributed by atoms with van der Waals surface area (Å²) < 4.78 is 0. The first-order chi connectivity index (χ1) is 9.81. The molecule has 2 nitrogen and oxygen atoms in total. The van der Waals surface area contributed by atoms with Crippen LogP contribution in [0.5, 0.6) is 0 Å². The monoisotopic (exact) mass is 274 g/mol. The highest BCUT2D eigenvalue weighted by Gasteiger charge is 2.20. The summed E-state index contributed by atoms with van der Waals surface area (Å²) in [5.41, 5.74) is 1.46. The molecule has 1 aromatic rings. The lowest BCUT2D eigenvalue weighted by atomic mass is 10.0. The molecule has 0 saturated carbocycles. The molecule has 1 heterocycles. The number of nitrogens with one attached hydrogen (secondary N) is 1. The Bertz CT molecular complexity index is 351. The average molecular weight is 274 g/mol. The second kappa shape index (κ2) is 8.43. The van der Waals surface area contributed by atoms with Crippen molar-refractivity contribution >= 4 is 0 Å². The van der Waals surface area contributed by atoms with Crippen LogP contribution in [0.1, 0.15) is 45.1 Å². The molecular weight excluding hydrogens is 244 g/mol. The van der Waals surface area contributed by atoms with Gasteiger partial charge in [-0.2, -0.15) is 0 Å². The van der Waals surface area contributed by atoms with E-state index in [2.05, 4.69) is 54.4 Å². The number of hydrogen-bond donors (Lipinski definition) is 1. The lowest BCUT2D eigenvalue weighted by Crippen LogP contribution is -2.46. The topological polar surface area (TPSA) is 15.3 Å². The van der Waals surface area contributed by atoms with E-state index in [9.17, 15) is 0 Å². The van der Waals surface area contributed by atoms with Gasteiger partial charge in [0, 0.05) is 18.6 Å². The highest BCUT2D eigenvalue weighted by molar-refractivity contribution is 5.14. The third-order valence-electron chi connectivity index (χ3n) is 4.60. The van der Waals surface area contributed by atoms with Crippen molar-refractivity contribution in [2.24, 2.45) is 0 Å². The van der Waals surface area contributed by atoms with Gasteiger partial charge in [-0.05, 0) is 50.8 Å². The molecule has 0 unspecified atom stereocenters. The van der Waals surface area contributed by atoms with Crippen molar-refractivity contribution in [1.82, 2.24) is 10.2 Å². The van der Waals surface area contributed by atoms with E-state index >= 15 is 0 Å². The summed E-state index contributed by atoms with van der Waals surface area (Å²) in [4.78, 5) is 2.62. The Morgan fingerprint density at radius 2 is 1.75 bits per heavy atom. The lowest BCUT2D eigenvalue weighted by Gasteiger charge is -2.34. The third kappa shape index (κ3) is 4.92. The summed E-state index contributed by atoms with van der Waals surface area (Å²) >= 11 is 0. The maximum Gasteiger partial charge on any atom is 0.00939 e. The molecule has 1 fully saturated rings. The van der Waals surface area contributed by atoms with Crippen LogP contribution < -0.4 is 5.32 Å². The second-order valence-electron chi connectivity index (χ2n) is 6.03. The normalized spacial score (nSPS) is 17.8. The molecule has 1 aliphatic rings. The quantitative estimate of drug-likeness (QED) is 0.819. The average Bonchev–Trinajstić information content (AvgIpc) is 2.53. The Morgan fingerprint density at radius 3 is 2.35 bits per heavy atom. The molecule has 0 amide bonds. The highest BCUT2D eigenvalue weighted by Crippen LogP contribution is 2.13. The summed E-state index contributed by atoms with van der Waals surface area (Å²) in [5.74, 6) is 0. The molecule has 20 heavy (non-hydrogen) atoms. The molecule has 0 atom stereocenters. The Hall–Kier alpha value is -0.860. The van der Waals surface area contributed by atoms with Gasteiger partial charge in [-0.1, -0.05) is 44.2 Å². The Labute approximate surface area is 124 Å². The first-order valence-electron chi connectivity index (χ1n) is 8.34. The highest BCUT2D eigenvalue weighted by atomic mass is 15.1. The lowest BCUT2D eigenvalue weighted by molar-refractivity contribution is 0.191. The number of nitrogens with zero attached hydrogens (tertiary/aromatic N) is 1. The van der Waals surface area contributed by atoms with Crippen LogP contribution in [0.15, 0.2) is 30.3 Å². The van der Waals surface area contributed by atoms with E-state index in [0.29, 0.717) is 0 Å². The van der Waals surface area contributed by atoms with Crippen LogP contribution in [0.4, 0.5) is 0 Å². The standard InChI is InChI=1S/C18H30N2/c1-3-17(4-2)19-18-11-14-20(15-12-18)13-10-16-8-6-5-7-9-16/h5-9,17-19H,3-4,10-15H2,1-2H3. The maximum atomic E-state index is 3.82. The van der Waals surface area contributed by atoms with Crippen LogP contribution in [0, 0.1) is 0 Å². The van der Waals surface area contributed by atoms with Crippen LogP contribution in [-0.4, -0.2) is 36.6 Å². The number of piperidine rings is 1. The minimum absolute atomic E-state index is 0.718. The zero-order valence-electron chi connectivity index (χ0n) is 13.1. The zero-order chi connectivity index (χ0) is 14.2. The smallest absolute Gasteiger partial charge is 0.00939 e. The van der Waals surface area contributed by atoms with Gasteiger partial charge in [0.25, 0.3) is 0 Å². The number of rotatable bonds is 7. The van der Waals surface area contributed by atoms with Crippen molar-refractivity contribution in [3.05, 3.63) is 35.9 Å². The first kappa shape index (κ1) is 15.5. The molecule has 2 rings (SSSR count). The van der Waals surface area contributed by atoms with Gasteiger partial charge in [-0.25, -0.2) is 0 Å². The van der Waals surface area contributed by atoms with E-state index in [1.165, 1.54) is 57.3 Å². The van der Waals surface area contributed by atoms with Crippen molar-refractivity contribution in [3.8, 4) is 0 Å². The van der Waals surface area contributed by atoms with Crippen molar-refractivity contribution in [2.75, 3.05) is 19.6 Å². The molecule has 0 bridgehead atoms. The van der Waals surface area contributed by atoms with E-state index < -0.39 is 0 Å². The van der Waals surface area contributed by atoms with E-state index in [1.54, 1.807) is 0 Å². The predicted octanol–water partition coefficient (Wildman–Crippen LogP) is 3.47. The van der Waals surface area contributed by atoms with Crippen molar-refractivity contribution in [2.45, 2.75) is 58.0 Å². The van der Waals surface area contributed by atoms with E-state index in [0.717, 1.165) is 12.1 Å². The molecule has 0 aliphatic carbocycles. The Balaban J connectivity index is 1.66. The Morgan fingerprint density at radius 1 is 1.10 bits per heavy atom. The fraction of sp³-hybridized carbons (Fsp3) is 0.667. The number of benzene rings is 1. The van der Waals surface area contributed by atoms with Crippen LogP contribution in [0.3, 0.4) is 0 Å². The zero-order valence-corrected chi connectivity index (χ0v) is 13.1. The largest absolute Gasteiger partial charge is 0.311 e. The molecule has 0 aromatic heterocycles. The van der Waals surface area contributed by atoms with Crippen LogP contribution >= 0.6 is 0 Å². The molecule has 0 radical (unpaired) electrons. The van der Waals surface area contributed by atoms with Gasteiger partial charge >= 0.3 is 0 Å². The Kier molecular flexibility index (Phi) is 6.55. The summed E-state index contributed by atoms with van der Waals surface area (Å²) in [7, 11) is 0. The summed E-state index contributed by atoms with van der Waals surface area (Å²) in [6.07, 6.45) is 6.32. The SMILES string of the molecule is CCC(CC)NC1CCN(CCc2ccccc2)CC1. The van der Waals surface area contributed by atoms with E-state index in [4.69, 9.17) is 0 Å². The number of hydrogen-bond acceptors (Lipinski definition) is 2. The van der Waals surface area contributed by atoms with Gasteiger partial charge in [0.1, 0.15) is 0 Å². The van der Waals surface area contributed by atoms with Crippen molar-refractivity contribution in [3.63, 3.8) is 0 Å². The van der Waals surface area contributed by atoms with Gasteiger partial charge in [0.05, 0.1) is 0 Å². The van der Waals surface area contributed by atoms with Crippen LogP contribution in [0.25, 0.3) is 0 Å². The number of likely N-dealkylation sites (tertiary alicyclic amines) is 1. The summed E-state index contributed by atoms with van der Waals surface area (Å²) in [5, 5.41) is 3.82. The fourth-order valence-electron chi connectivity index (χ4n) is 3.11. The first-order valence-corrected chi connectivity index (χ1v) is 8.34. The van der Waals surface area contributed by atoms with E-state index in [-0.39, 0.29) is 0 Å². The van der Waals surface area contributed by atoms with Crippen LogP contribution in [0.2, 0.25) is 0 Å².